The van der Waals surface area contributed by atoms with E-state index in [4.69, 9.17) is 22.7 Å². The maximum atomic E-state index is 13.5. The second-order valence-electron chi connectivity index (χ2n) is 3.83. The maximum Gasteiger partial charge on any atom is 0.165 e. The Kier molecular flexibility index (Phi) is 4.68. The van der Waals surface area contributed by atoms with Crippen LogP contribution in [0.25, 0.3) is 0 Å². The second-order valence-corrected chi connectivity index (χ2v) is 4.27. The standard InChI is InChI=1S/C12H16FNOS/c1-3-8(2)7-15-11-5-4-9(12(14)16)6-10(11)13/h4-6,8H,3,7H2,1-2H3,(H2,14,16). The minimum atomic E-state index is -0.423. The van der Waals surface area contributed by atoms with Crippen LogP contribution in [0.5, 0.6) is 5.75 Å². The first-order chi connectivity index (χ1) is 7.54. The second kappa shape index (κ2) is 5.80. The molecule has 1 aromatic carbocycles. The Hall–Kier alpha value is -1.16. The summed E-state index contributed by atoms with van der Waals surface area (Å²) in [5.41, 5.74) is 5.92. The molecule has 0 aliphatic rings. The lowest BCUT2D eigenvalue weighted by atomic mass is 10.1. The van der Waals surface area contributed by atoms with Gasteiger partial charge in [0.15, 0.2) is 11.6 Å². The fourth-order valence-electron chi connectivity index (χ4n) is 1.12. The van der Waals surface area contributed by atoms with E-state index in [-0.39, 0.29) is 10.7 Å². The molecule has 0 spiro atoms. The number of nitrogens with two attached hydrogens (primary N) is 1. The zero-order valence-electron chi connectivity index (χ0n) is 9.50. The van der Waals surface area contributed by atoms with Gasteiger partial charge in [0.05, 0.1) is 6.61 Å². The Bertz CT molecular complexity index is 381. The molecule has 0 fully saturated rings. The molecule has 0 aliphatic carbocycles. The highest BCUT2D eigenvalue weighted by molar-refractivity contribution is 7.80. The molecular weight excluding hydrogens is 225 g/mol. The van der Waals surface area contributed by atoms with Gasteiger partial charge >= 0.3 is 0 Å². The lowest BCUT2D eigenvalue weighted by Gasteiger charge is -2.12. The summed E-state index contributed by atoms with van der Waals surface area (Å²) >= 11 is 4.76. The molecule has 0 aliphatic heterocycles. The van der Waals surface area contributed by atoms with Gasteiger partial charge in [0.2, 0.25) is 0 Å². The van der Waals surface area contributed by atoms with Crippen LogP contribution in [0.2, 0.25) is 0 Å². The number of hydrogen-bond acceptors (Lipinski definition) is 2. The Morgan fingerprint density at radius 3 is 2.75 bits per heavy atom. The largest absolute Gasteiger partial charge is 0.490 e. The van der Waals surface area contributed by atoms with Gasteiger partial charge in [-0.1, -0.05) is 32.5 Å². The van der Waals surface area contributed by atoms with Crippen LogP contribution in [-0.4, -0.2) is 11.6 Å². The average molecular weight is 241 g/mol. The van der Waals surface area contributed by atoms with E-state index in [1.165, 1.54) is 6.07 Å². The summed E-state index contributed by atoms with van der Waals surface area (Å²) in [4.78, 5) is 0.187. The third-order valence-corrected chi connectivity index (χ3v) is 2.67. The molecule has 0 saturated carbocycles. The van der Waals surface area contributed by atoms with E-state index < -0.39 is 5.82 Å². The summed E-state index contributed by atoms with van der Waals surface area (Å²) in [5.74, 6) is 0.239. The molecule has 1 aromatic rings. The number of halogens is 1. The minimum absolute atomic E-state index is 0.187. The fraction of sp³-hybridized carbons (Fsp3) is 0.417. The molecule has 2 N–H and O–H groups in total. The van der Waals surface area contributed by atoms with Gasteiger partial charge in [-0.05, 0) is 24.1 Å². The first-order valence-corrected chi connectivity index (χ1v) is 5.67. The van der Waals surface area contributed by atoms with Crippen molar-refractivity contribution in [1.29, 1.82) is 0 Å². The summed E-state index contributed by atoms with van der Waals surface area (Å²) in [7, 11) is 0. The monoisotopic (exact) mass is 241 g/mol. The molecule has 4 heteroatoms. The zero-order chi connectivity index (χ0) is 12.1. The van der Waals surface area contributed by atoms with E-state index in [0.717, 1.165) is 6.42 Å². The lowest BCUT2D eigenvalue weighted by Crippen LogP contribution is -2.11. The summed E-state index contributed by atoms with van der Waals surface area (Å²) in [6.45, 7) is 4.64. The van der Waals surface area contributed by atoms with Crippen molar-refractivity contribution in [3.05, 3.63) is 29.6 Å². The van der Waals surface area contributed by atoms with Crippen LogP contribution >= 0.6 is 12.2 Å². The third kappa shape index (κ3) is 3.45. The molecule has 0 saturated heterocycles. The first-order valence-electron chi connectivity index (χ1n) is 5.26. The van der Waals surface area contributed by atoms with Gasteiger partial charge < -0.3 is 10.5 Å². The normalized spacial score (nSPS) is 12.2. The van der Waals surface area contributed by atoms with Crippen molar-refractivity contribution in [1.82, 2.24) is 0 Å². The van der Waals surface area contributed by atoms with E-state index >= 15 is 0 Å². The van der Waals surface area contributed by atoms with E-state index in [0.29, 0.717) is 18.1 Å². The Morgan fingerprint density at radius 2 is 2.25 bits per heavy atom. The predicted octanol–water partition coefficient (Wildman–Crippen LogP) is 2.88. The first kappa shape index (κ1) is 12.9. The number of hydrogen-bond donors (Lipinski definition) is 1. The Balaban J connectivity index is 2.72. The Morgan fingerprint density at radius 1 is 1.56 bits per heavy atom. The Labute approximate surface area is 101 Å². The van der Waals surface area contributed by atoms with Gasteiger partial charge in [-0.3, -0.25) is 0 Å². The maximum absolute atomic E-state index is 13.5. The van der Waals surface area contributed by atoms with Crippen molar-refractivity contribution in [2.75, 3.05) is 6.61 Å². The van der Waals surface area contributed by atoms with Crippen molar-refractivity contribution < 1.29 is 9.13 Å². The average Bonchev–Trinajstić information content (AvgIpc) is 2.26. The lowest BCUT2D eigenvalue weighted by molar-refractivity contribution is 0.246. The fourth-order valence-corrected chi connectivity index (χ4v) is 1.25. The highest BCUT2D eigenvalue weighted by atomic mass is 32.1. The van der Waals surface area contributed by atoms with Crippen molar-refractivity contribution in [3.63, 3.8) is 0 Å². The zero-order valence-corrected chi connectivity index (χ0v) is 10.3. The third-order valence-electron chi connectivity index (χ3n) is 2.44. The van der Waals surface area contributed by atoms with Crippen LogP contribution in [0.1, 0.15) is 25.8 Å². The van der Waals surface area contributed by atoms with Gasteiger partial charge in [0.1, 0.15) is 4.99 Å². The van der Waals surface area contributed by atoms with Crippen molar-refractivity contribution >= 4 is 17.2 Å². The highest BCUT2D eigenvalue weighted by Gasteiger charge is 2.07. The summed E-state index contributed by atoms with van der Waals surface area (Å²) in [6.07, 6.45) is 1.01. The summed E-state index contributed by atoms with van der Waals surface area (Å²) < 4.78 is 18.9. The quantitative estimate of drug-likeness (QED) is 0.805. The number of benzene rings is 1. The van der Waals surface area contributed by atoms with Gasteiger partial charge in [0, 0.05) is 5.56 Å². The van der Waals surface area contributed by atoms with Crippen LogP contribution in [0.3, 0.4) is 0 Å². The van der Waals surface area contributed by atoms with Gasteiger partial charge in [-0.15, -0.1) is 0 Å². The topological polar surface area (TPSA) is 35.2 Å². The van der Waals surface area contributed by atoms with Crippen LogP contribution in [-0.2, 0) is 0 Å². The van der Waals surface area contributed by atoms with E-state index in [9.17, 15) is 4.39 Å². The SMILES string of the molecule is CCC(C)COc1ccc(C(N)=S)cc1F. The molecule has 0 radical (unpaired) electrons. The smallest absolute Gasteiger partial charge is 0.165 e. The highest BCUT2D eigenvalue weighted by Crippen LogP contribution is 2.19. The van der Waals surface area contributed by atoms with E-state index in [2.05, 4.69) is 13.8 Å². The minimum Gasteiger partial charge on any atom is -0.490 e. The molecule has 1 rings (SSSR count). The van der Waals surface area contributed by atoms with E-state index in [1.54, 1.807) is 12.1 Å². The molecule has 16 heavy (non-hydrogen) atoms. The van der Waals surface area contributed by atoms with Crippen LogP contribution in [0, 0.1) is 11.7 Å². The van der Waals surface area contributed by atoms with Crippen LogP contribution < -0.4 is 10.5 Å². The molecule has 1 unspecified atom stereocenters. The summed E-state index contributed by atoms with van der Waals surface area (Å²) in [6, 6.07) is 4.53. The molecule has 0 aromatic heterocycles. The van der Waals surface area contributed by atoms with Gasteiger partial charge in [-0.25, -0.2) is 4.39 Å². The number of thiocarbonyl (C=S) groups is 1. The van der Waals surface area contributed by atoms with Gasteiger partial charge in [0.25, 0.3) is 0 Å². The summed E-state index contributed by atoms with van der Waals surface area (Å²) in [5, 5.41) is 0. The predicted molar refractivity (Wildman–Crippen MR) is 67.2 cm³/mol. The molecule has 0 bridgehead atoms. The molecular formula is C12H16FNOS. The van der Waals surface area contributed by atoms with Crippen molar-refractivity contribution in [3.8, 4) is 5.75 Å². The van der Waals surface area contributed by atoms with Gasteiger partial charge in [-0.2, -0.15) is 0 Å². The molecule has 2 nitrogen and oxygen atoms in total. The number of ether oxygens (including phenoxy) is 1. The molecule has 88 valence electrons. The molecule has 1 atom stereocenters. The van der Waals surface area contributed by atoms with Crippen molar-refractivity contribution in [2.24, 2.45) is 11.7 Å². The van der Waals surface area contributed by atoms with Crippen LogP contribution in [0.4, 0.5) is 4.39 Å². The van der Waals surface area contributed by atoms with Crippen molar-refractivity contribution in [2.45, 2.75) is 20.3 Å². The molecule has 0 amide bonds. The molecule has 0 heterocycles. The van der Waals surface area contributed by atoms with E-state index in [1.807, 2.05) is 0 Å². The number of rotatable bonds is 5. The van der Waals surface area contributed by atoms with Crippen LogP contribution in [0.15, 0.2) is 18.2 Å².